The van der Waals surface area contributed by atoms with Crippen LogP contribution in [0.15, 0.2) is 30.3 Å². The smallest absolute Gasteiger partial charge is 0.244 e. The van der Waals surface area contributed by atoms with Gasteiger partial charge in [-0.25, -0.2) is 0 Å². The number of unbranched alkanes of at least 4 members (excludes halogenated alkanes) is 1. The van der Waals surface area contributed by atoms with Gasteiger partial charge in [-0.15, -0.1) is 0 Å². The highest BCUT2D eigenvalue weighted by atomic mass is 15.1. The van der Waals surface area contributed by atoms with Crippen LogP contribution in [0.2, 0.25) is 0 Å². The number of aryl methyl sites for hydroxylation is 1. The predicted octanol–water partition coefficient (Wildman–Crippen LogP) is 6.51. The second kappa shape index (κ2) is 6.22. The van der Waals surface area contributed by atoms with E-state index in [1.807, 2.05) is 0 Å². The highest BCUT2D eigenvalue weighted by molar-refractivity contribution is 5.80. The van der Waals surface area contributed by atoms with E-state index in [0.717, 1.165) is 6.54 Å². The van der Waals surface area contributed by atoms with Crippen molar-refractivity contribution in [2.75, 3.05) is 0 Å². The molecule has 158 valence electrons. The molecule has 5 rings (SSSR count). The minimum atomic E-state index is -0.0215. The van der Waals surface area contributed by atoms with Gasteiger partial charge in [0.25, 0.3) is 0 Å². The Balaban J connectivity index is 1.85. The molecule has 0 unspecified atom stereocenters. The number of nitrogens with zero attached hydrogens (tertiary/aromatic N) is 2. The second-order valence-corrected chi connectivity index (χ2v) is 11.4. The van der Waals surface area contributed by atoms with Crippen molar-refractivity contribution in [3.63, 3.8) is 0 Å². The van der Waals surface area contributed by atoms with Crippen molar-refractivity contribution in [2.45, 2.75) is 96.9 Å². The third kappa shape index (κ3) is 2.58. The molecule has 2 nitrogen and oxygen atoms in total. The first kappa shape index (κ1) is 19.8. The highest BCUT2D eigenvalue weighted by Crippen LogP contribution is 2.50. The molecule has 0 N–H and O–H groups in total. The molecule has 2 aliphatic rings. The molecule has 0 amide bonds. The summed E-state index contributed by atoms with van der Waals surface area (Å²) in [6.45, 7) is 17.8. The molecule has 0 spiro atoms. The molecular weight excluding hydrogens is 364 g/mol. The lowest BCUT2D eigenvalue weighted by Crippen LogP contribution is -2.43. The maximum Gasteiger partial charge on any atom is 0.244 e. The predicted molar refractivity (Wildman–Crippen MR) is 125 cm³/mol. The van der Waals surface area contributed by atoms with Crippen LogP contribution in [0, 0.1) is 6.33 Å². The summed E-state index contributed by atoms with van der Waals surface area (Å²) in [5.74, 6) is 0. The molecule has 0 fully saturated rings. The quantitative estimate of drug-likeness (QED) is 0.350. The van der Waals surface area contributed by atoms with E-state index >= 15 is 0 Å². The number of para-hydroxylation sites is 1. The van der Waals surface area contributed by atoms with Crippen LogP contribution in [0.4, 0.5) is 0 Å². The zero-order valence-corrected chi connectivity index (χ0v) is 19.8. The minimum absolute atomic E-state index is 0.0215. The SMILES string of the molecule is CCCCn1[c-][n+]2c3c(cccc31)C(C)(C)c1cc3c(cc1-2)C(C)(C)CCC3(C)C. The van der Waals surface area contributed by atoms with Gasteiger partial charge in [0.05, 0.1) is 23.3 Å². The number of hydrogen-bond acceptors (Lipinski definition) is 0. The van der Waals surface area contributed by atoms with Crippen LogP contribution in [0.25, 0.3) is 16.7 Å². The molecular formula is C28H36N2. The van der Waals surface area contributed by atoms with Crippen LogP contribution in [-0.2, 0) is 22.8 Å². The molecule has 1 aromatic heterocycles. The lowest BCUT2D eigenvalue weighted by molar-refractivity contribution is -0.575. The van der Waals surface area contributed by atoms with Gasteiger partial charge in [-0.2, -0.15) is 0 Å². The van der Waals surface area contributed by atoms with Gasteiger partial charge in [0, 0.05) is 5.41 Å². The van der Waals surface area contributed by atoms with E-state index in [1.54, 1.807) is 5.56 Å². The van der Waals surface area contributed by atoms with Crippen molar-refractivity contribution in [1.29, 1.82) is 0 Å². The maximum atomic E-state index is 3.75. The molecule has 2 aromatic carbocycles. The summed E-state index contributed by atoms with van der Waals surface area (Å²) < 4.78 is 4.72. The molecule has 0 bridgehead atoms. The summed E-state index contributed by atoms with van der Waals surface area (Å²) >= 11 is 0. The molecule has 1 aliphatic heterocycles. The van der Waals surface area contributed by atoms with Gasteiger partial charge < -0.3 is 9.13 Å². The zero-order valence-electron chi connectivity index (χ0n) is 19.8. The van der Waals surface area contributed by atoms with Crippen LogP contribution in [0.5, 0.6) is 0 Å². The van der Waals surface area contributed by atoms with Gasteiger partial charge in [-0.1, -0.05) is 85.2 Å². The van der Waals surface area contributed by atoms with Gasteiger partial charge in [0.15, 0.2) is 0 Å². The van der Waals surface area contributed by atoms with Crippen LogP contribution in [0.1, 0.15) is 96.4 Å². The van der Waals surface area contributed by atoms with Crippen molar-refractivity contribution in [2.24, 2.45) is 0 Å². The van der Waals surface area contributed by atoms with Crippen LogP contribution in [-0.4, -0.2) is 4.57 Å². The third-order valence-electron chi connectivity index (χ3n) is 8.04. The van der Waals surface area contributed by atoms with Crippen molar-refractivity contribution < 1.29 is 4.57 Å². The molecule has 2 heteroatoms. The largest absolute Gasteiger partial charge is 0.319 e. The Morgan fingerprint density at radius 3 is 2.23 bits per heavy atom. The number of imidazole rings is 1. The van der Waals surface area contributed by atoms with Crippen LogP contribution >= 0.6 is 0 Å². The van der Waals surface area contributed by atoms with Gasteiger partial charge >= 0.3 is 0 Å². The van der Waals surface area contributed by atoms with Crippen molar-refractivity contribution in [1.82, 2.24) is 4.57 Å². The lowest BCUT2D eigenvalue weighted by atomic mass is 9.61. The normalized spacial score (nSPS) is 20.1. The van der Waals surface area contributed by atoms with Gasteiger partial charge in [-0.05, 0) is 52.3 Å². The Kier molecular flexibility index (Phi) is 4.11. The fourth-order valence-electron chi connectivity index (χ4n) is 5.81. The standard InChI is InChI=1S/C28H36N2/c1-8-9-15-29-18-30-24-17-21-20(26(2,3)13-14-27(21,4)5)16-22(24)28(6,7)19-11-10-12-23(29)25(19)30/h10-12,16-17H,8-9,13-15H2,1-7H3. The second-order valence-electron chi connectivity index (χ2n) is 11.4. The van der Waals surface area contributed by atoms with E-state index in [0.29, 0.717) is 0 Å². The number of aromatic nitrogens is 2. The summed E-state index contributed by atoms with van der Waals surface area (Å²) in [6.07, 6.45) is 8.63. The van der Waals surface area contributed by atoms with E-state index in [1.165, 1.54) is 59.1 Å². The molecule has 0 atom stereocenters. The monoisotopic (exact) mass is 400 g/mol. The van der Waals surface area contributed by atoms with Crippen LogP contribution in [0.3, 0.4) is 0 Å². The van der Waals surface area contributed by atoms with Crippen molar-refractivity contribution >= 4 is 11.0 Å². The van der Waals surface area contributed by atoms with E-state index in [4.69, 9.17) is 0 Å². The zero-order chi connectivity index (χ0) is 21.5. The molecule has 0 radical (unpaired) electrons. The molecule has 0 saturated heterocycles. The fraction of sp³-hybridized carbons (Fsp3) is 0.536. The molecule has 3 aromatic rings. The van der Waals surface area contributed by atoms with E-state index in [2.05, 4.69) is 94.3 Å². The van der Waals surface area contributed by atoms with Crippen molar-refractivity contribution in [3.05, 3.63) is 58.9 Å². The average molecular weight is 401 g/mol. The maximum absolute atomic E-state index is 3.75. The Bertz CT molecular complexity index is 1160. The van der Waals surface area contributed by atoms with Crippen molar-refractivity contribution in [3.8, 4) is 5.69 Å². The molecule has 0 saturated carbocycles. The molecule has 1 aliphatic carbocycles. The van der Waals surface area contributed by atoms with Gasteiger partial charge in [-0.3, -0.25) is 0 Å². The van der Waals surface area contributed by atoms with Gasteiger partial charge in [0.2, 0.25) is 6.33 Å². The first-order valence-corrected chi connectivity index (χ1v) is 11.7. The fourth-order valence-corrected chi connectivity index (χ4v) is 5.81. The Labute approximate surface area is 181 Å². The topological polar surface area (TPSA) is 8.81 Å². The van der Waals surface area contributed by atoms with E-state index < -0.39 is 0 Å². The Hall–Kier alpha value is -2.09. The first-order chi connectivity index (χ1) is 14.1. The Morgan fingerprint density at radius 1 is 0.900 bits per heavy atom. The summed E-state index contributed by atoms with van der Waals surface area (Å²) in [4.78, 5) is 0. The summed E-state index contributed by atoms with van der Waals surface area (Å²) in [7, 11) is 0. The summed E-state index contributed by atoms with van der Waals surface area (Å²) in [5, 5.41) is 0. The number of rotatable bonds is 3. The average Bonchev–Trinajstić information content (AvgIpc) is 3.07. The molecule has 2 heterocycles. The van der Waals surface area contributed by atoms with E-state index in [9.17, 15) is 0 Å². The summed E-state index contributed by atoms with van der Waals surface area (Å²) in [5.41, 5.74) is 10.4. The highest BCUT2D eigenvalue weighted by Gasteiger charge is 2.41. The minimum Gasteiger partial charge on any atom is -0.319 e. The first-order valence-electron chi connectivity index (χ1n) is 11.7. The third-order valence-corrected chi connectivity index (χ3v) is 8.04. The Morgan fingerprint density at radius 2 is 1.57 bits per heavy atom. The number of hydrogen-bond donors (Lipinski definition) is 0. The number of benzene rings is 2. The lowest BCUT2D eigenvalue weighted by Gasteiger charge is -2.45. The van der Waals surface area contributed by atoms with Crippen LogP contribution < -0.4 is 4.57 Å². The summed E-state index contributed by atoms with van der Waals surface area (Å²) in [6, 6.07) is 11.9. The molecule has 30 heavy (non-hydrogen) atoms. The van der Waals surface area contributed by atoms with Gasteiger partial charge in [0.1, 0.15) is 0 Å². The number of fused-ring (bicyclic) bond motifs is 3. The van der Waals surface area contributed by atoms with E-state index in [-0.39, 0.29) is 16.2 Å².